The fourth-order valence-electron chi connectivity index (χ4n) is 2.45. The molecule has 2 aromatic carbocycles. The van der Waals surface area contributed by atoms with Crippen LogP contribution in [0.3, 0.4) is 0 Å². The van der Waals surface area contributed by atoms with Crippen molar-refractivity contribution < 1.29 is 13.9 Å². The first-order valence-corrected chi connectivity index (χ1v) is 6.28. The van der Waals surface area contributed by atoms with E-state index in [9.17, 15) is 9.59 Å². The van der Waals surface area contributed by atoms with Crippen LogP contribution < -0.4 is 20.7 Å². The zero-order chi connectivity index (χ0) is 15.0. The van der Waals surface area contributed by atoms with E-state index in [4.69, 9.17) is 13.9 Å². The third-order valence-corrected chi connectivity index (χ3v) is 3.37. The third-order valence-electron chi connectivity index (χ3n) is 3.37. The maximum absolute atomic E-state index is 12.1. The molecule has 0 N–H and O–H groups in total. The lowest BCUT2D eigenvalue weighted by molar-refractivity contribution is 0.416. The highest BCUT2D eigenvalue weighted by atomic mass is 16.5. The molecule has 3 aromatic rings. The highest BCUT2D eigenvalue weighted by Gasteiger charge is 2.14. The Kier molecular flexibility index (Phi) is 3.10. The molecular formula is C16H12O5. The first-order valence-electron chi connectivity index (χ1n) is 6.28. The van der Waals surface area contributed by atoms with E-state index < -0.39 is 11.3 Å². The average molecular weight is 284 g/mol. The smallest absolute Gasteiger partial charge is 0.346 e. The summed E-state index contributed by atoms with van der Waals surface area (Å²) in [4.78, 5) is 24.2. The van der Waals surface area contributed by atoms with Gasteiger partial charge in [0.15, 0.2) is 0 Å². The van der Waals surface area contributed by atoms with Crippen molar-refractivity contribution in [1.29, 1.82) is 0 Å². The van der Waals surface area contributed by atoms with Gasteiger partial charge in [0.25, 0.3) is 0 Å². The molecule has 1 aromatic heterocycles. The van der Waals surface area contributed by atoms with E-state index >= 15 is 0 Å². The molecule has 0 saturated carbocycles. The van der Waals surface area contributed by atoms with E-state index in [1.807, 2.05) is 0 Å². The Morgan fingerprint density at radius 1 is 0.762 bits per heavy atom. The van der Waals surface area contributed by atoms with Crippen LogP contribution in [0.15, 0.2) is 50.4 Å². The molecule has 0 aliphatic heterocycles. The minimum Gasteiger partial charge on any atom is -0.496 e. The molecule has 0 atom stereocenters. The van der Waals surface area contributed by atoms with Gasteiger partial charge >= 0.3 is 11.3 Å². The second-order valence-corrected chi connectivity index (χ2v) is 4.44. The first kappa shape index (κ1) is 13.2. The summed E-state index contributed by atoms with van der Waals surface area (Å²) < 4.78 is 15.5. The standard InChI is InChI=1S/C16H12O5/c1-19-11-7-3-5-9-13(11)14-10(16(18)21-15(9)17)6-4-8-12(14)20-2/h3-8H,1-2H3. The van der Waals surface area contributed by atoms with Crippen LogP contribution in [0, 0.1) is 0 Å². The molecule has 0 aliphatic rings. The van der Waals surface area contributed by atoms with Gasteiger partial charge in [0.2, 0.25) is 0 Å². The minimum absolute atomic E-state index is 0.269. The van der Waals surface area contributed by atoms with E-state index in [1.54, 1.807) is 36.4 Å². The van der Waals surface area contributed by atoms with E-state index in [-0.39, 0.29) is 10.8 Å². The monoisotopic (exact) mass is 284 g/mol. The van der Waals surface area contributed by atoms with Gasteiger partial charge in [0.05, 0.1) is 25.0 Å². The summed E-state index contributed by atoms with van der Waals surface area (Å²) >= 11 is 0. The van der Waals surface area contributed by atoms with Gasteiger partial charge in [0.1, 0.15) is 11.5 Å². The Morgan fingerprint density at radius 3 is 1.57 bits per heavy atom. The number of hydrogen-bond donors (Lipinski definition) is 0. The summed E-state index contributed by atoms with van der Waals surface area (Å²) in [5.74, 6) is 0.954. The van der Waals surface area contributed by atoms with Crippen LogP contribution in [0.25, 0.3) is 21.5 Å². The molecule has 5 nitrogen and oxygen atoms in total. The van der Waals surface area contributed by atoms with E-state index in [0.717, 1.165) is 0 Å². The highest BCUT2D eigenvalue weighted by molar-refractivity contribution is 6.11. The van der Waals surface area contributed by atoms with Crippen molar-refractivity contribution in [2.45, 2.75) is 0 Å². The Morgan fingerprint density at radius 2 is 1.19 bits per heavy atom. The van der Waals surface area contributed by atoms with Gasteiger partial charge in [0, 0.05) is 10.8 Å². The third kappa shape index (κ3) is 1.94. The van der Waals surface area contributed by atoms with Crippen molar-refractivity contribution in [3.05, 3.63) is 57.2 Å². The maximum Gasteiger partial charge on any atom is 0.346 e. The SMILES string of the molecule is COc1cccc2c(=O)oc(=O)c3cccc(OC)c3c12. The van der Waals surface area contributed by atoms with Gasteiger partial charge in [-0.2, -0.15) is 0 Å². The lowest BCUT2D eigenvalue weighted by atomic mass is 10.1. The van der Waals surface area contributed by atoms with Crippen LogP contribution in [0.5, 0.6) is 11.5 Å². The normalized spacial score (nSPS) is 10.8. The molecule has 0 spiro atoms. The second kappa shape index (κ2) is 4.94. The molecule has 1 heterocycles. The van der Waals surface area contributed by atoms with Crippen LogP contribution in [0.4, 0.5) is 0 Å². The van der Waals surface area contributed by atoms with Crippen LogP contribution in [-0.2, 0) is 0 Å². The molecule has 0 saturated heterocycles. The molecule has 106 valence electrons. The molecule has 5 heteroatoms. The predicted octanol–water partition coefficient (Wildman–Crippen LogP) is 2.32. The summed E-state index contributed by atoms with van der Waals surface area (Å²) in [6.07, 6.45) is 0. The summed E-state index contributed by atoms with van der Waals surface area (Å²) in [5, 5.41) is 1.54. The van der Waals surface area contributed by atoms with Gasteiger partial charge in [-0.15, -0.1) is 0 Å². The van der Waals surface area contributed by atoms with Gasteiger partial charge in [-0.25, -0.2) is 9.59 Å². The quantitative estimate of drug-likeness (QED) is 0.722. The van der Waals surface area contributed by atoms with Crippen molar-refractivity contribution in [2.24, 2.45) is 0 Å². The average Bonchev–Trinajstić information content (AvgIpc) is 2.63. The zero-order valence-corrected chi connectivity index (χ0v) is 11.5. The zero-order valence-electron chi connectivity index (χ0n) is 11.5. The van der Waals surface area contributed by atoms with Gasteiger partial charge < -0.3 is 13.9 Å². The number of fused-ring (bicyclic) bond motifs is 3. The molecule has 3 rings (SSSR count). The summed E-state index contributed by atoms with van der Waals surface area (Å²) in [7, 11) is 3.01. The van der Waals surface area contributed by atoms with E-state index in [0.29, 0.717) is 22.3 Å². The van der Waals surface area contributed by atoms with E-state index in [1.165, 1.54) is 14.2 Å². The number of hydrogen-bond acceptors (Lipinski definition) is 5. The van der Waals surface area contributed by atoms with Gasteiger partial charge in [-0.3, -0.25) is 0 Å². The van der Waals surface area contributed by atoms with Crippen molar-refractivity contribution in [1.82, 2.24) is 0 Å². The van der Waals surface area contributed by atoms with Crippen molar-refractivity contribution >= 4 is 21.5 Å². The van der Waals surface area contributed by atoms with E-state index in [2.05, 4.69) is 0 Å². The van der Waals surface area contributed by atoms with Crippen molar-refractivity contribution in [3.8, 4) is 11.5 Å². The summed E-state index contributed by atoms with van der Waals surface area (Å²) in [6, 6.07) is 9.97. The number of rotatable bonds is 2. The largest absolute Gasteiger partial charge is 0.496 e. The summed E-state index contributed by atoms with van der Waals surface area (Å²) in [5.41, 5.74) is -1.40. The Hall–Kier alpha value is -2.82. The Bertz CT molecular complexity index is 879. The number of ether oxygens (including phenoxy) is 2. The van der Waals surface area contributed by atoms with Crippen LogP contribution in [-0.4, -0.2) is 14.2 Å². The molecule has 0 amide bonds. The predicted molar refractivity (Wildman–Crippen MR) is 79.4 cm³/mol. The highest BCUT2D eigenvalue weighted by Crippen LogP contribution is 2.34. The lowest BCUT2D eigenvalue weighted by Gasteiger charge is -2.07. The second-order valence-electron chi connectivity index (χ2n) is 4.44. The molecular weight excluding hydrogens is 272 g/mol. The molecule has 0 aliphatic carbocycles. The first-order chi connectivity index (χ1) is 10.2. The maximum atomic E-state index is 12.1. The fraction of sp³-hybridized carbons (Fsp3) is 0.125. The molecule has 0 radical (unpaired) electrons. The Balaban J connectivity index is 2.81. The van der Waals surface area contributed by atoms with Crippen molar-refractivity contribution in [2.75, 3.05) is 14.2 Å². The molecule has 0 unspecified atom stereocenters. The summed E-state index contributed by atoms with van der Waals surface area (Å²) in [6.45, 7) is 0. The van der Waals surface area contributed by atoms with Gasteiger partial charge in [-0.05, 0) is 24.3 Å². The van der Waals surface area contributed by atoms with Crippen LogP contribution in [0.1, 0.15) is 0 Å². The van der Waals surface area contributed by atoms with Crippen molar-refractivity contribution in [3.63, 3.8) is 0 Å². The fourth-order valence-corrected chi connectivity index (χ4v) is 2.45. The minimum atomic E-state index is -0.702. The molecule has 21 heavy (non-hydrogen) atoms. The van der Waals surface area contributed by atoms with Crippen LogP contribution in [0.2, 0.25) is 0 Å². The number of benzene rings is 2. The topological polar surface area (TPSA) is 65.7 Å². The molecule has 0 bridgehead atoms. The lowest BCUT2D eigenvalue weighted by Crippen LogP contribution is -2.04. The van der Waals surface area contributed by atoms with Gasteiger partial charge in [-0.1, -0.05) is 12.1 Å². The Labute approximate surface area is 119 Å². The number of methoxy groups -OCH3 is 2. The molecule has 0 fully saturated rings. The van der Waals surface area contributed by atoms with Crippen LogP contribution >= 0.6 is 0 Å².